The van der Waals surface area contributed by atoms with Crippen LogP contribution in [0, 0.1) is 0 Å². The zero-order valence-electron chi connectivity index (χ0n) is 14.6. The Morgan fingerprint density at radius 1 is 1.12 bits per heavy atom. The SMILES string of the molecule is c1ccn2c(C3CCN(Cc4noc(C5CCCO5)n4)CC3)nnc2c1. The van der Waals surface area contributed by atoms with E-state index in [0.717, 1.165) is 69.2 Å². The van der Waals surface area contributed by atoms with Gasteiger partial charge in [0.15, 0.2) is 11.5 Å². The Hall–Kier alpha value is -2.32. The minimum absolute atomic E-state index is 0.0109. The molecule has 0 amide bonds. The molecule has 0 bridgehead atoms. The van der Waals surface area contributed by atoms with Gasteiger partial charge in [-0.05, 0) is 50.9 Å². The van der Waals surface area contributed by atoms with E-state index in [2.05, 4.69) is 29.6 Å². The molecule has 2 fully saturated rings. The predicted octanol–water partition coefficient (Wildman–Crippen LogP) is 2.34. The molecule has 0 N–H and O–H groups in total. The average Bonchev–Trinajstić information content (AvgIpc) is 3.43. The molecule has 26 heavy (non-hydrogen) atoms. The highest BCUT2D eigenvalue weighted by molar-refractivity contribution is 5.37. The van der Waals surface area contributed by atoms with Crippen molar-refractivity contribution in [2.75, 3.05) is 19.7 Å². The van der Waals surface area contributed by atoms with Crippen LogP contribution in [0.15, 0.2) is 28.9 Å². The first-order valence-electron chi connectivity index (χ1n) is 9.33. The van der Waals surface area contributed by atoms with E-state index in [0.29, 0.717) is 11.8 Å². The van der Waals surface area contributed by atoms with E-state index < -0.39 is 0 Å². The molecule has 0 aromatic carbocycles. The van der Waals surface area contributed by atoms with E-state index in [4.69, 9.17) is 9.26 Å². The van der Waals surface area contributed by atoms with Gasteiger partial charge in [-0.25, -0.2) is 0 Å². The molecule has 2 aliphatic heterocycles. The molecule has 1 unspecified atom stereocenters. The van der Waals surface area contributed by atoms with E-state index in [1.54, 1.807) is 0 Å². The fourth-order valence-corrected chi connectivity index (χ4v) is 3.92. The van der Waals surface area contributed by atoms with Crippen LogP contribution in [-0.2, 0) is 11.3 Å². The summed E-state index contributed by atoms with van der Waals surface area (Å²) >= 11 is 0. The van der Waals surface area contributed by atoms with Gasteiger partial charge in [0.2, 0.25) is 0 Å². The first-order valence-corrected chi connectivity index (χ1v) is 9.33. The van der Waals surface area contributed by atoms with Gasteiger partial charge in [-0.2, -0.15) is 4.98 Å². The zero-order valence-corrected chi connectivity index (χ0v) is 14.6. The van der Waals surface area contributed by atoms with E-state index in [1.807, 2.05) is 24.4 Å². The Morgan fingerprint density at radius 3 is 2.88 bits per heavy atom. The van der Waals surface area contributed by atoms with Crippen molar-refractivity contribution in [2.24, 2.45) is 0 Å². The zero-order chi connectivity index (χ0) is 17.3. The molecule has 5 rings (SSSR count). The van der Waals surface area contributed by atoms with Crippen LogP contribution >= 0.6 is 0 Å². The molecule has 136 valence electrons. The van der Waals surface area contributed by atoms with Crippen molar-refractivity contribution >= 4 is 5.65 Å². The lowest BCUT2D eigenvalue weighted by Gasteiger charge is -2.30. The second-order valence-corrected chi connectivity index (χ2v) is 7.09. The summed E-state index contributed by atoms with van der Waals surface area (Å²) in [4.78, 5) is 6.90. The summed E-state index contributed by atoms with van der Waals surface area (Å²) in [7, 11) is 0. The van der Waals surface area contributed by atoms with E-state index in [1.165, 1.54) is 0 Å². The number of likely N-dealkylation sites (tertiary alicyclic amines) is 1. The van der Waals surface area contributed by atoms with Gasteiger partial charge >= 0.3 is 0 Å². The molecule has 8 nitrogen and oxygen atoms in total. The van der Waals surface area contributed by atoms with Gasteiger partial charge in [-0.1, -0.05) is 11.2 Å². The minimum Gasteiger partial charge on any atom is -0.368 e. The Morgan fingerprint density at radius 2 is 2.04 bits per heavy atom. The highest BCUT2D eigenvalue weighted by Crippen LogP contribution is 2.29. The van der Waals surface area contributed by atoms with Crippen molar-refractivity contribution in [3.05, 3.63) is 41.9 Å². The molecule has 5 heterocycles. The lowest BCUT2D eigenvalue weighted by Crippen LogP contribution is -2.33. The molecular formula is C18H22N6O2. The fraction of sp³-hybridized carbons (Fsp3) is 0.556. The summed E-state index contributed by atoms with van der Waals surface area (Å²) in [6.45, 7) is 3.50. The molecule has 3 aromatic heterocycles. The van der Waals surface area contributed by atoms with Crippen LogP contribution in [0.2, 0.25) is 0 Å². The number of ether oxygens (including phenoxy) is 1. The maximum absolute atomic E-state index is 5.61. The third-order valence-corrected chi connectivity index (χ3v) is 5.35. The van der Waals surface area contributed by atoms with Crippen LogP contribution in [0.3, 0.4) is 0 Å². The molecule has 1 atom stereocenters. The number of nitrogens with zero attached hydrogens (tertiary/aromatic N) is 6. The molecule has 0 radical (unpaired) electrons. The quantitative estimate of drug-likeness (QED) is 0.711. The van der Waals surface area contributed by atoms with Crippen molar-refractivity contribution in [1.29, 1.82) is 0 Å². The topological polar surface area (TPSA) is 81.6 Å². The fourth-order valence-electron chi connectivity index (χ4n) is 3.92. The lowest BCUT2D eigenvalue weighted by atomic mass is 9.96. The number of fused-ring (bicyclic) bond motifs is 1. The summed E-state index contributed by atoms with van der Waals surface area (Å²) in [5, 5.41) is 12.8. The van der Waals surface area contributed by atoms with Crippen LogP contribution < -0.4 is 0 Å². The van der Waals surface area contributed by atoms with E-state index in [-0.39, 0.29) is 6.10 Å². The summed E-state index contributed by atoms with van der Waals surface area (Å²) in [6.07, 6.45) is 6.19. The normalized spacial score (nSPS) is 22.4. The van der Waals surface area contributed by atoms with Crippen LogP contribution in [0.4, 0.5) is 0 Å². The van der Waals surface area contributed by atoms with Crippen molar-refractivity contribution in [1.82, 2.24) is 29.6 Å². The molecule has 0 saturated carbocycles. The van der Waals surface area contributed by atoms with E-state index in [9.17, 15) is 0 Å². The van der Waals surface area contributed by atoms with Gasteiger partial charge in [0.25, 0.3) is 5.89 Å². The predicted molar refractivity (Wildman–Crippen MR) is 92.5 cm³/mol. The minimum atomic E-state index is -0.0109. The molecule has 0 aliphatic carbocycles. The Balaban J connectivity index is 1.21. The standard InChI is InChI=1S/C18H22N6O2/c1-2-8-24-16(5-1)20-21-17(24)13-6-9-23(10-7-13)12-15-19-18(26-22-15)14-4-3-11-25-14/h1-2,5,8,13-14H,3-4,6-7,9-12H2. The van der Waals surface area contributed by atoms with Crippen molar-refractivity contribution in [3.63, 3.8) is 0 Å². The van der Waals surface area contributed by atoms with Gasteiger partial charge in [0, 0.05) is 18.7 Å². The largest absolute Gasteiger partial charge is 0.368 e. The number of rotatable bonds is 4. The van der Waals surface area contributed by atoms with Crippen LogP contribution in [0.1, 0.15) is 55.2 Å². The van der Waals surface area contributed by atoms with Crippen molar-refractivity contribution in [3.8, 4) is 0 Å². The Bertz CT molecular complexity index is 877. The Kier molecular flexibility index (Phi) is 4.14. The maximum atomic E-state index is 5.61. The third kappa shape index (κ3) is 2.99. The number of aromatic nitrogens is 5. The highest BCUT2D eigenvalue weighted by atomic mass is 16.5. The monoisotopic (exact) mass is 354 g/mol. The van der Waals surface area contributed by atoms with Gasteiger partial charge in [0.05, 0.1) is 6.54 Å². The second-order valence-electron chi connectivity index (χ2n) is 7.09. The smallest absolute Gasteiger partial charge is 0.255 e. The lowest BCUT2D eigenvalue weighted by molar-refractivity contribution is 0.0835. The summed E-state index contributed by atoms with van der Waals surface area (Å²) < 4.78 is 13.1. The van der Waals surface area contributed by atoms with E-state index >= 15 is 0 Å². The highest BCUT2D eigenvalue weighted by Gasteiger charge is 2.27. The average molecular weight is 354 g/mol. The number of piperidine rings is 1. The second kappa shape index (κ2) is 6.77. The van der Waals surface area contributed by atoms with Crippen molar-refractivity contribution in [2.45, 2.75) is 44.2 Å². The van der Waals surface area contributed by atoms with Crippen LogP contribution in [-0.4, -0.2) is 49.3 Å². The first kappa shape index (κ1) is 15.9. The molecule has 0 spiro atoms. The van der Waals surface area contributed by atoms with Gasteiger partial charge < -0.3 is 9.26 Å². The van der Waals surface area contributed by atoms with Crippen molar-refractivity contribution < 1.29 is 9.26 Å². The third-order valence-electron chi connectivity index (χ3n) is 5.35. The van der Waals surface area contributed by atoms with Gasteiger partial charge in [0.1, 0.15) is 11.9 Å². The number of pyridine rings is 1. The molecule has 2 aliphatic rings. The molecule has 8 heteroatoms. The van der Waals surface area contributed by atoms with Crippen LogP contribution in [0.5, 0.6) is 0 Å². The summed E-state index contributed by atoms with van der Waals surface area (Å²) in [6, 6.07) is 6.01. The Labute approximate surface area is 151 Å². The summed E-state index contributed by atoms with van der Waals surface area (Å²) in [5.41, 5.74) is 0.915. The van der Waals surface area contributed by atoms with Crippen LogP contribution in [0.25, 0.3) is 5.65 Å². The first-order chi connectivity index (χ1) is 12.9. The molecule has 2 saturated heterocycles. The van der Waals surface area contributed by atoms with Gasteiger partial charge in [-0.15, -0.1) is 10.2 Å². The molecule has 3 aromatic rings. The number of hydrogen-bond donors (Lipinski definition) is 0. The number of hydrogen-bond acceptors (Lipinski definition) is 7. The van der Waals surface area contributed by atoms with Gasteiger partial charge in [-0.3, -0.25) is 9.30 Å². The molecular weight excluding hydrogens is 332 g/mol. The maximum Gasteiger partial charge on any atom is 0.255 e. The summed E-state index contributed by atoms with van der Waals surface area (Å²) in [5.74, 6) is 2.89.